The molecular weight excluding hydrogens is 467 g/mol. The van der Waals surface area contributed by atoms with Crippen LogP contribution in [0.5, 0.6) is 5.75 Å². The normalized spacial score (nSPS) is 22.8. The van der Waals surface area contributed by atoms with Crippen LogP contribution in [0.4, 0.5) is 15.8 Å². The van der Waals surface area contributed by atoms with Crippen molar-refractivity contribution in [2.45, 2.75) is 12.1 Å². The molecule has 2 fully saturated rings. The van der Waals surface area contributed by atoms with Crippen LogP contribution in [0.15, 0.2) is 77.3 Å². The number of rotatable bonds is 3. The lowest BCUT2D eigenvalue weighted by Gasteiger charge is -2.29. The highest BCUT2D eigenvalue weighted by Crippen LogP contribution is 2.49. The molecule has 156 valence electrons. The van der Waals surface area contributed by atoms with Gasteiger partial charge in [0.05, 0.1) is 17.4 Å². The predicted molar refractivity (Wildman–Crippen MR) is 115 cm³/mol. The van der Waals surface area contributed by atoms with Crippen molar-refractivity contribution in [2.75, 3.05) is 9.96 Å². The van der Waals surface area contributed by atoms with E-state index in [4.69, 9.17) is 4.84 Å². The van der Waals surface area contributed by atoms with Gasteiger partial charge in [0, 0.05) is 10.0 Å². The van der Waals surface area contributed by atoms with Crippen molar-refractivity contribution in [1.29, 1.82) is 0 Å². The van der Waals surface area contributed by atoms with Crippen LogP contribution in [0, 0.1) is 11.7 Å². The minimum Gasteiger partial charge on any atom is -0.508 e. The summed E-state index contributed by atoms with van der Waals surface area (Å²) in [5, 5.41) is 12.1. The van der Waals surface area contributed by atoms with Gasteiger partial charge in [0.15, 0.2) is 6.10 Å². The third kappa shape index (κ3) is 3.19. The van der Waals surface area contributed by atoms with Gasteiger partial charge < -0.3 is 5.11 Å². The Morgan fingerprint density at radius 3 is 2.32 bits per heavy atom. The van der Waals surface area contributed by atoms with Crippen LogP contribution in [-0.2, 0) is 14.4 Å². The Hall–Kier alpha value is -3.23. The van der Waals surface area contributed by atoms with Crippen LogP contribution in [0.3, 0.4) is 0 Å². The van der Waals surface area contributed by atoms with Crippen LogP contribution < -0.4 is 9.96 Å². The number of hydrogen-bond donors (Lipinski definition) is 1. The summed E-state index contributed by atoms with van der Waals surface area (Å²) in [7, 11) is 0. The minimum absolute atomic E-state index is 0.0149. The molecule has 0 spiro atoms. The standard InChI is InChI=1S/C23H16BrFN2O4/c24-13-6-11-18(28)17(12-13)20-19-21(31-27(20)16-4-2-1-3-5-16)23(30)26(22(19)29)15-9-7-14(25)8-10-15/h1-12,19-21,28H/t19-,20+,21-/m1/s1. The molecule has 8 heteroatoms. The zero-order chi connectivity index (χ0) is 21.7. The zero-order valence-electron chi connectivity index (χ0n) is 16.0. The van der Waals surface area contributed by atoms with Gasteiger partial charge in [-0.2, -0.15) is 0 Å². The molecule has 0 saturated carbocycles. The van der Waals surface area contributed by atoms with Gasteiger partial charge in [-0.05, 0) is 54.6 Å². The van der Waals surface area contributed by atoms with E-state index in [0.29, 0.717) is 15.7 Å². The lowest BCUT2D eigenvalue weighted by atomic mass is 9.90. The van der Waals surface area contributed by atoms with Crippen LogP contribution in [0.2, 0.25) is 0 Å². The molecule has 0 unspecified atom stereocenters. The number of carbonyl (C=O) groups is 2. The van der Waals surface area contributed by atoms with E-state index in [1.54, 1.807) is 24.3 Å². The summed E-state index contributed by atoms with van der Waals surface area (Å²) in [6.07, 6.45) is -1.07. The Bertz CT molecular complexity index is 1170. The summed E-state index contributed by atoms with van der Waals surface area (Å²) in [5.74, 6) is -2.37. The van der Waals surface area contributed by atoms with Crippen LogP contribution >= 0.6 is 15.9 Å². The number of hydrogen-bond acceptors (Lipinski definition) is 5. The maximum Gasteiger partial charge on any atom is 0.266 e. The van der Waals surface area contributed by atoms with Crippen LogP contribution in [0.1, 0.15) is 11.6 Å². The number of amides is 2. The summed E-state index contributed by atoms with van der Waals surface area (Å²) in [5.41, 5.74) is 1.38. The smallest absolute Gasteiger partial charge is 0.266 e. The number of phenolic OH excluding ortho intramolecular Hbond substituents is 1. The number of nitrogens with zero attached hydrogens (tertiary/aromatic N) is 2. The highest BCUT2D eigenvalue weighted by Gasteiger charge is 2.60. The average Bonchev–Trinajstić information content (AvgIpc) is 3.28. The summed E-state index contributed by atoms with van der Waals surface area (Å²) in [4.78, 5) is 33.7. The van der Waals surface area contributed by atoms with E-state index in [2.05, 4.69) is 15.9 Å². The lowest BCUT2D eigenvalue weighted by Crippen LogP contribution is -2.37. The molecule has 2 saturated heterocycles. The third-order valence-corrected chi connectivity index (χ3v) is 6.01. The van der Waals surface area contributed by atoms with Gasteiger partial charge in [-0.15, -0.1) is 0 Å². The Labute approximate surface area is 185 Å². The van der Waals surface area contributed by atoms with Crippen molar-refractivity contribution >= 4 is 39.1 Å². The van der Waals surface area contributed by atoms with Gasteiger partial charge in [-0.3, -0.25) is 14.4 Å². The monoisotopic (exact) mass is 482 g/mol. The Morgan fingerprint density at radius 2 is 1.61 bits per heavy atom. The number of imide groups is 1. The number of para-hydroxylation sites is 1. The predicted octanol–water partition coefficient (Wildman–Crippen LogP) is 4.34. The van der Waals surface area contributed by atoms with E-state index in [0.717, 1.165) is 4.90 Å². The molecule has 31 heavy (non-hydrogen) atoms. The summed E-state index contributed by atoms with van der Waals surface area (Å²) < 4.78 is 14.1. The molecule has 2 heterocycles. The molecule has 5 rings (SSSR count). The number of carbonyl (C=O) groups excluding carboxylic acids is 2. The number of benzene rings is 3. The molecule has 2 aliphatic rings. The van der Waals surface area contributed by atoms with E-state index in [1.165, 1.54) is 35.4 Å². The van der Waals surface area contributed by atoms with Gasteiger partial charge in [0.25, 0.3) is 5.91 Å². The van der Waals surface area contributed by atoms with Crippen LogP contribution in [0.25, 0.3) is 0 Å². The molecule has 2 amide bonds. The van der Waals surface area contributed by atoms with Crippen molar-refractivity contribution in [2.24, 2.45) is 5.92 Å². The van der Waals surface area contributed by atoms with Gasteiger partial charge in [0.2, 0.25) is 5.91 Å². The fourth-order valence-electron chi connectivity index (χ4n) is 4.14. The highest BCUT2D eigenvalue weighted by atomic mass is 79.9. The number of aromatic hydroxyl groups is 1. The quantitative estimate of drug-likeness (QED) is 0.562. The molecule has 3 aromatic rings. The van der Waals surface area contributed by atoms with Crippen molar-refractivity contribution in [3.05, 3.63) is 88.6 Å². The van der Waals surface area contributed by atoms with E-state index < -0.39 is 35.7 Å². The number of phenols is 1. The maximum atomic E-state index is 13.5. The molecule has 0 bridgehead atoms. The number of fused-ring (bicyclic) bond motifs is 1. The summed E-state index contributed by atoms with van der Waals surface area (Å²) in [6.45, 7) is 0. The van der Waals surface area contributed by atoms with E-state index in [-0.39, 0.29) is 11.4 Å². The molecule has 3 atom stereocenters. The number of halogens is 2. The highest BCUT2D eigenvalue weighted by molar-refractivity contribution is 9.10. The maximum absolute atomic E-state index is 13.5. The summed E-state index contributed by atoms with van der Waals surface area (Å²) >= 11 is 3.41. The lowest BCUT2D eigenvalue weighted by molar-refractivity contribution is -0.126. The summed E-state index contributed by atoms with van der Waals surface area (Å²) in [6, 6.07) is 18.4. The molecule has 6 nitrogen and oxygen atoms in total. The molecule has 0 radical (unpaired) electrons. The van der Waals surface area contributed by atoms with Crippen molar-refractivity contribution in [1.82, 2.24) is 0 Å². The van der Waals surface area contributed by atoms with Crippen molar-refractivity contribution < 1.29 is 23.9 Å². The zero-order valence-corrected chi connectivity index (χ0v) is 17.6. The molecule has 0 aromatic heterocycles. The second-order valence-corrected chi connectivity index (χ2v) is 8.27. The Morgan fingerprint density at radius 1 is 0.903 bits per heavy atom. The largest absolute Gasteiger partial charge is 0.508 e. The SMILES string of the molecule is O=C1[C@H]2[C@@H](ON(c3ccccc3)[C@H]2c2cc(Br)ccc2O)C(=O)N1c1ccc(F)cc1. The Balaban J connectivity index is 1.62. The molecule has 0 aliphatic carbocycles. The molecule has 1 N–H and O–H groups in total. The first-order valence-corrected chi connectivity index (χ1v) is 10.4. The topological polar surface area (TPSA) is 70.1 Å². The van der Waals surface area contributed by atoms with E-state index >= 15 is 0 Å². The van der Waals surface area contributed by atoms with Gasteiger partial charge in [0.1, 0.15) is 17.5 Å². The number of hydroxylamine groups is 1. The molecule has 2 aliphatic heterocycles. The second kappa shape index (κ2) is 7.47. The second-order valence-electron chi connectivity index (χ2n) is 7.35. The van der Waals surface area contributed by atoms with Gasteiger partial charge in [-0.25, -0.2) is 14.4 Å². The first-order chi connectivity index (χ1) is 15.0. The third-order valence-electron chi connectivity index (χ3n) is 5.52. The first-order valence-electron chi connectivity index (χ1n) is 9.58. The van der Waals surface area contributed by atoms with Gasteiger partial charge >= 0.3 is 0 Å². The fraction of sp³-hybridized carbons (Fsp3) is 0.130. The average molecular weight is 483 g/mol. The van der Waals surface area contributed by atoms with Crippen molar-refractivity contribution in [3.8, 4) is 5.75 Å². The molecule has 3 aromatic carbocycles. The number of anilines is 2. The molecular formula is C23H16BrFN2O4. The minimum atomic E-state index is -1.07. The Kier molecular flexibility index (Phi) is 4.75. The fourth-order valence-corrected chi connectivity index (χ4v) is 4.51. The van der Waals surface area contributed by atoms with Gasteiger partial charge in [-0.1, -0.05) is 34.1 Å². The van der Waals surface area contributed by atoms with Crippen molar-refractivity contribution in [3.63, 3.8) is 0 Å². The van der Waals surface area contributed by atoms with Crippen LogP contribution in [-0.4, -0.2) is 23.0 Å². The first kappa shape index (κ1) is 19.7. The van der Waals surface area contributed by atoms with E-state index in [1.807, 2.05) is 18.2 Å². The van der Waals surface area contributed by atoms with E-state index in [9.17, 15) is 19.1 Å².